The van der Waals surface area contributed by atoms with Crippen molar-refractivity contribution in [3.63, 3.8) is 0 Å². The van der Waals surface area contributed by atoms with Gasteiger partial charge in [0.1, 0.15) is 0 Å². The highest BCUT2D eigenvalue weighted by Crippen LogP contribution is 2.32. The fraction of sp³-hybridized carbons (Fsp3) is 0.778. The lowest BCUT2D eigenvalue weighted by molar-refractivity contribution is 0.0319. The average molecular weight is 140 g/mol. The molecule has 0 amide bonds. The summed E-state index contributed by atoms with van der Waals surface area (Å²) < 4.78 is 5.39. The summed E-state index contributed by atoms with van der Waals surface area (Å²) in [6, 6.07) is 0. The molecule has 1 unspecified atom stereocenters. The van der Waals surface area contributed by atoms with Gasteiger partial charge in [-0.25, -0.2) is 0 Å². The summed E-state index contributed by atoms with van der Waals surface area (Å²) >= 11 is 0. The topological polar surface area (TPSA) is 9.23 Å². The first-order valence-corrected chi connectivity index (χ1v) is 3.91. The van der Waals surface area contributed by atoms with Gasteiger partial charge in [0.05, 0.1) is 13.2 Å². The molecular formula is C9H16O. The highest BCUT2D eigenvalue weighted by molar-refractivity contribution is 5.02. The summed E-state index contributed by atoms with van der Waals surface area (Å²) in [4.78, 5) is 0. The molecule has 10 heavy (non-hydrogen) atoms. The smallest absolute Gasteiger partial charge is 0.0674 e. The van der Waals surface area contributed by atoms with Gasteiger partial charge in [0.2, 0.25) is 0 Å². The van der Waals surface area contributed by atoms with Crippen LogP contribution >= 0.6 is 0 Å². The van der Waals surface area contributed by atoms with Gasteiger partial charge in [0.15, 0.2) is 0 Å². The first-order chi connectivity index (χ1) is 4.66. The van der Waals surface area contributed by atoms with Gasteiger partial charge >= 0.3 is 0 Å². The summed E-state index contributed by atoms with van der Waals surface area (Å²) in [7, 11) is 0. The van der Waals surface area contributed by atoms with Crippen LogP contribution in [0.4, 0.5) is 0 Å². The van der Waals surface area contributed by atoms with Crippen LogP contribution in [-0.4, -0.2) is 13.2 Å². The van der Waals surface area contributed by atoms with Crippen LogP contribution in [0.1, 0.15) is 26.7 Å². The Bertz CT molecular complexity index is 140. The Balaban J connectivity index is 2.53. The predicted molar refractivity (Wildman–Crippen MR) is 43.0 cm³/mol. The molecule has 0 N–H and O–H groups in total. The van der Waals surface area contributed by atoms with Crippen LogP contribution in [-0.2, 0) is 4.74 Å². The zero-order chi connectivity index (χ0) is 7.61. The Kier molecular flexibility index (Phi) is 2.14. The zero-order valence-corrected chi connectivity index (χ0v) is 6.94. The Morgan fingerprint density at radius 3 is 2.80 bits per heavy atom. The van der Waals surface area contributed by atoms with Crippen LogP contribution in [0.2, 0.25) is 0 Å². The van der Waals surface area contributed by atoms with Crippen LogP contribution in [0.15, 0.2) is 12.2 Å². The molecule has 0 bridgehead atoms. The van der Waals surface area contributed by atoms with Gasteiger partial charge in [0.25, 0.3) is 0 Å². The van der Waals surface area contributed by atoms with Crippen LogP contribution < -0.4 is 0 Å². The van der Waals surface area contributed by atoms with Crippen molar-refractivity contribution in [2.45, 2.75) is 26.7 Å². The van der Waals surface area contributed by atoms with Gasteiger partial charge < -0.3 is 4.74 Å². The Morgan fingerprint density at radius 2 is 2.40 bits per heavy atom. The van der Waals surface area contributed by atoms with Crippen molar-refractivity contribution in [2.24, 2.45) is 5.41 Å². The number of hydrogen-bond acceptors (Lipinski definition) is 1. The molecule has 58 valence electrons. The Hall–Kier alpha value is -0.300. The third kappa shape index (κ3) is 1.60. The van der Waals surface area contributed by atoms with Gasteiger partial charge in [-0.3, -0.25) is 0 Å². The lowest BCUT2D eigenvalue weighted by Gasteiger charge is -2.33. The molecule has 1 nitrogen and oxygen atoms in total. The van der Waals surface area contributed by atoms with Gasteiger partial charge in [-0.05, 0) is 18.3 Å². The second-order valence-corrected chi connectivity index (χ2v) is 3.58. The van der Waals surface area contributed by atoms with E-state index in [2.05, 4.69) is 20.4 Å². The molecule has 0 aromatic rings. The standard InChI is InChI=1S/C9H16O/c1-4-9(3)5-8(2)6-10-7-9/h2,4-7H2,1,3H3. The first kappa shape index (κ1) is 7.80. The zero-order valence-electron chi connectivity index (χ0n) is 6.94. The van der Waals surface area contributed by atoms with Gasteiger partial charge in [-0.15, -0.1) is 0 Å². The normalized spacial score (nSPS) is 34.4. The summed E-state index contributed by atoms with van der Waals surface area (Å²) in [6.45, 7) is 10.1. The van der Waals surface area contributed by atoms with Gasteiger partial charge in [-0.1, -0.05) is 26.0 Å². The molecule has 1 atom stereocenters. The number of hydrogen-bond donors (Lipinski definition) is 0. The maximum Gasteiger partial charge on any atom is 0.0674 e. The van der Waals surface area contributed by atoms with E-state index in [-0.39, 0.29) is 0 Å². The molecule has 1 rings (SSSR count). The van der Waals surface area contributed by atoms with Crippen molar-refractivity contribution in [3.05, 3.63) is 12.2 Å². The molecule has 0 saturated carbocycles. The average Bonchev–Trinajstić information content (AvgIpc) is 1.88. The molecule has 0 aromatic heterocycles. The quantitative estimate of drug-likeness (QED) is 0.508. The summed E-state index contributed by atoms with van der Waals surface area (Å²) in [5.41, 5.74) is 1.62. The van der Waals surface area contributed by atoms with E-state index < -0.39 is 0 Å². The van der Waals surface area contributed by atoms with Crippen molar-refractivity contribution in [3.8, 4) is 0 Å². The van der Waals surface area contributed by atoms with E-state index in [1.807, 2.05) is 0 Å². The van der Waals surface area contributed by atoms with Gasteiger partial charge in [0, 0.05) is 0 Å². The third-order valence-electron chi connectivity index (χ3n) is 2.29. The first-order valence-electron chi connectivity index (χ1n) is 3.91. The molecule has 1 fully saturated rings. The fourth-order valence-corrected chi connectivity index (χ4v) is 1.37. The largest absolute Gasteiger partial charge is 0.377 e. The molecule has 1 heteroatoms. The SMILES string of the molecule is C=C1COCC(C)(CC)C1. The molecule has 1 aliphatic heterocycles. The summed E-state index contributed by atoms with van der Waals surface area (Å²) in [5, 5.41) is 0. The number of ether oxygens (including phenoxy) is 1. The molecule has 1 heterocycles. The maximum absolute atomic E-state index is 5.39. The van der Waals surface area contributed by atoms with E-state index in [4.69, 9.17) is 4.74 Å². The van der Waals surface area contributed by atoms with Crippen molar-refractivity contribution >= 4 is 0 Å². The minimum absolute atomic E-state index is 0.370. The highest BCUT2D eigenvalue weighted by Gasteiger charge is 2.26. The van der Waals surface area contributed by atoms with E-state index in [9.17, 15) is 0 Å². The van der Waals surface area contributed by atoms with E-state index in [1.54, 1.807) is 0 Å². The van der Waals surface area contributed by atoms with Crippen LogP contribution in [0, 0.1) is 5.41 Å². The van der Waals surface area contributed by atoms with Crippen molar-refractivity contribution in [2.75, 3.05) is 13.2 Å². The van der Waals surface area contributed by atoms with Crippen molar-refractivity contribution < 1.29 is 4.74 Å². The van der Waals surface area contributed by atoms with E-state index in [0.717, 1.165) is 19.6 Å². The Labute approximate surface area is 63.1 Å². The third-order valence-corrected chi connectivity index (χ3v) is 2.29. The van der Waals surface area contributed by atoms with E-state index >= 15 is 0 Å². The lowest BCUT2D eigenvalue weighted by Crippen LogP contribution is -2.28. The van der Waals surface area contributed by atoms with E-state index in [1.165, 1.54) is 12.0 Å². The molecule has 0 aromatic carbocycles. The van der Waals surface area contributed by atoms with E-state index in [0.29, 0.717) is 5.41 Å². The molecule has 0 aliphatic carbocycles. The molecule has 0 spiro atoms. The minimum atomic E-state index is 0.370. The summed E-state index contributed by atoms with van der Waals surface area (Å²) in [5.74, 6) is 0. The summed E-state index contributed by atoms with van der Waals surface area (Å²) in [6.07, 6.45) is 2.33. The predicted octanol–water partition coefficient (Wildman–Crippen LogP) is 2.38. The van der Waals surface area contributed by atoms with Crippen LogP contribution in [0.25, 0.3) is 0 Å². The molecule has 0 radical (unpaired) electrons. The molecule has 1 aliphatic rings. The molecular weight excluding hydrogens is 124 g/mol. The maximum atomic E-state index is 5.39. The van der Waals surface area contributed by atoms with Crippen molar-refractivity contribution in [1.29, 1.82) is 0 Å². The van der Waals surface area contributed by atoms with Crippen molar-refractivity contribution in [1.82, 2.24) is 0 Å². The fourth-order valence-electron chi connectivity index (χ4n) is 1.37. The monoisotopic (exact) mass is 140 g/mol. The van der Waals surface area contributed by atoms with Gasteiger partial charge in [-0.2, -0.15) is 0 Å². The second kappa shape index (κ2) is 2.75. The minimum Gasteiger partial charge on any atom is -0.377 e. The molecule has 1 saturated heterocycles. The second-order valence-electron chi connectivity index (χ2n) is 3.58. The highest BCUT2D eigenvalue weighted by atomic mass is 16.5. The number of rotatable bonds is 1. The lowest BCUT2D eigenvalue weighted by atomic mass is 9.81. The van der Waals surface area contributed by atoms with Crippen LogP contribution in [0.5, 0.6) is 0 Å². The van der Waals surface area contributed by atoms with Crippen LogP contribution in [0.3, 0.4) is 0 Å². The Morgan fingerprint density at radius 1 is 1.70 bits per heavy atom.